The van der Waals surface area contributed by atoms with Crippen LogP contribution in [0.25, 0.3) is 0 Å². The molecule has 3 heteroatoms. The van der Waals surface area contributed by atoms with E-state index in [1.807, 2.05) is 0 Å². The largest absolute Gasteiger partial charge is 0.231 e. The molecule has 1 aromatic rings. The average molecular weight is 150 g/mol. The van der Waals surface area contributed by atoms with Gasteiger partial charge in [-0.2, -0.15) is 5.26 Å². The van der Waals surface area contributed by atoms with E-state index in [1.165, 1.54) is 18.2 Å². The van der Waals surface area contributed by atoms with Gasteiger partial charge in [-0.1, -0.05) is 12.1 Å². The number of nitriles is 1. The monoisotopic (exact) mass is 150 g/mol. The highest BCUT2D eigenvalue weighted by molar-refractivity contribution is 5.34. The Bertz CT molecular complexity index is 303. The summed E-state index contributed by atoms with van der Waals surface area (Å²) in [5, 5.41) is 18.6. The molecule has 1 rings (SSSR count). The van der Waals surface area contributed by atoms with Crippen molar-refractivity contribution in [2.75, 3.05) is 0 Å². The maximum absolute atomic E-state index is 12.9. The second-order valence-electron chi connectivity index (χ2n) is 2.03. The van der Waals surface area contributed by atoms with E-state index in [1.54, 1.807) is 6.07 Å². The van der Waals surface area contributed by atoms with Crippen molar-refractivity contribution in [3.63, 3.8) is 0 Å². The third-order valence-corrected chi connectivity index (χ3v) is 1.35. The van der Waals surface area contributed by atoms with Crippen molar-refractivity contribution < 1.29 is 9.50 Å². The molecule has 1 radical (unpaired) electrons. The van der Waals surface area contributed by atoms with E-state index in [0.717, 1.165) is 0 Å². The molecular formula is C8H5FNO. The van der Waals surface area contributed by atoms with Crippen LogP contribution in [0.15, 0.2) is 18.2 Å². The topological polar surface area (TPSA) is 43.7 Å². The molecule has 0 N–H and O–H groups in total. The van der Waals surface area contributed by atoms with Gasteiger partial charge in [-0.3, -0.25) is 0 Å². The van der Waals surface area contributed by atoms with Gasteiger partial charge < -0.3 is 0 Å². The summed E-state index contributed by atoms with van der Waals surface area (Å²) in [5.41, 5.74) is -0.0256. The van der Waals surface area contributed by atoms with E-state index in [9.17, 15) is 9.50 Å². The van der Waals surface area contributed by atoms with Crippen LogP contribution in [0.5, 0.6) is 0 Å². The third-order valence-electron chi connectivity index (χ3n) is 1.35. The molecule has 0 bridgehead atoms. The van der Waals surface area contributed by atoms with Crippen LogP contribution in [-0.4, -0.2) is 0 Å². The highest BCUT2D eigenvalue weighted by Crippen LogP contribution is 2.11. The lowest BCUT2D eigenvalue weighted by molar-refractivity contribution is 0.174. The first-order valence-electron chi connectivity index (χ1n) is 3.05. The molecule has 0 fully saturated rings. The standard InChI is InChI=1S/C8H5FNO/c9-8-6(4-10)2-1-3-7(8)5-11/h1-3H,5H2. The molecule has 55 valence electrons. The highest BCUT2D eigenvalue weighted by atomic mass is 19.1. The van der Waals surface area contributed by atoms with Crippen molar-refractivity contribution in [1.82, 2.24) is 0 Å². The van der Waals surface area contributed by atoms with Gasteiger partial charge in [0.05, 0.1) is 5.56 Å². The van der Waals surface area contributed by atoms with Gasteiger partial charge in [0.15, 0.2) is 0 Å². The molecule has 0 atom stereocenters. The first kappa shape index (κ1) is 7.70. The Kier molecular flexibility index (Phi) is 2.19. The van der Waals surface area contributed by atoms with E-state index in [2.05, 4.69) is 0 Å². The van der Waals surface area contributed by atoms with Gasteiger partial charge in [0.2, 0.25) is 0 Å². The molecular weight excluding hydrogens is 145 g/mol. The van der Waals surface area contributed by atoms with Crippen molar-refractivity contribution >= 4 is 0 Å². The van der Waals surface area contributed by atoms with E-state index >= 15 is 0 Å². The first-order chi connectivity index (χ1) is 5.29. The minimum atomic E-state index is -0.690. The molecule has 0 spiro atoms. The molecule has 0 aliphatic carbocycles. The van der Waals surface area contributed by atoms with Crippen LogP contribution in [0.1, 0.15) is 11.1 Å². The third kappa shape index (κ3) is 1.36. The fourth-order valence-corrected chi connectivity index (χ4v) is 0.778. The number of nitrogens with zero attached hydrogens (tertiary/aromatic N) is 1. The fraction of sp³-hybridized carbons (Fsp3) is 0.125. The quantitative estimate of drug-likeness (QED) is 0.599. The molecule has 0 saturated carbocycles. The maximum atomic E-state index is 12.9. The molecule has 2 nitrogen and oxygen atoms in total. The van der Waals surface area contributed by atoms with Crippen LogP contribution in [0.3, 0.4) is 0 Å². The van der Waals surface area contributed by atoms with E-state index in [-0.39, 0.29) is 11.1 Å². The molecule has 0 aliphatic rings. The molecule has 0 aromatic heterocycles. The van der Waals surface area contributed by atoms with E-state index in [0.29, 0.717) is 0 Å². The molecule has 0 saturated heterocycles. The van der Waals surface area contributed by atoms with Crippen LogP contribution in [-0.2, 0) is 11.7 Å². The minimum absolute atomic E-state index is 0.0454. The highest BCUT2D eigenvalue weighted by Gasteiger charge is 2.05. The van der Waals surface area contributed by atoms with Crippen molar-refractivity contribution in [2.45, 2.75) is 6.61 Å². The summed E-state index contributed by atoms with van der Waals surface area (Å²) in [5.74, 6) is -0.690. The molecule has 0 aliphatic heterocycles. The van der Waals surface area contributed by atoms with Gasteiger partial charge >= 0.3 is 0 Å². The summed E-state index contributed by atoms with van der Waals surface area (Å²) < 4.78 is 12.9. The number of halogens is 1. The van der Waals surface area contributed by atoms with Crippen LogP contribution in [0.4, 0.5) is 4.39 Å². The van der Waals surface area contributed by atoms with Crippen LogP contribution in [0, 0.1) is 17.1 Å². The lowest BCUT2D eigenvalue weighted by Gasteiger charge is -1.97. The summed E-state index contributed by atoms with van der Waals surface area (Å²) in [6.45, 7) is -0.624. The average Bonchev–Trinajstić information content (AvgIpc) is 2.05. The molecule has 0 unspecified atom stereocenters. The zero-order valence-electron chi connectivity index (χ0n) is 5.67. The Labute approximate surface area is 63.5 Å². The van der Waals surface area contributed by atoms with Gasteiger partial charge in [0.1, 0.15) is 18.5 Å². The second-order valence-corrected chi connectivity index (χ2v) is 2.03. The van der Waals surface area contributed by atoms with Crippen molar-refractivity contribution in [3.05, 3.63) is 35.1 Å². The Morgan fingerprint density at radius 2 is 2.27 bits per heavy atom. The normalized spacial score (nSPS) is 9.18. The van der Waals surface area contributed by atoms with Crippen LogP contribution >= 0.6 is 0 Å². The van der Waals surface area contributed by atoms with E-state index < -0.39 is 12.4 Å². The van der Waals surface area contributed by atoms with Crippen molar-refractivity contribution in [3.8, 4) is 6.07 Å². The zero-order valence-corrected chi connectivity index (χ0v) is 5.67. The Morgan fingerprint density at radius 3 is 2.82 bits per heavy atom. The van der Waals surface area contributed by atoms with Crippen LogP contribution < -0.4 is 0 Å². The van der Waals surface area contributed by atoms with Crippen molar-refractivity contribution in [1.29, 1.82) is 5.26 Å². The summed E-state index contributed by atoms with van der Waals surface area (Å²) >= 11 is 0. The van der Waals surface area contributed by atoms with Gasteiger partial charge in [0, 0.05) is 5.56 Å². The number of hydrogen-bond donors (Lipinski definition) is 0. The predicted octanol–water partition coefficient (Wildman–Crippen LogP) is 1.63. The van der Waals surface area contributed by atoms with Gasteiger partial charge in [0.25, 0.3) is 0 Å². The Morgan fingerprint density at radius 1 is 1.55 bits per heavy atom. The minimum Gasteiger partial charge on any atom is -0.231 e. The Balaban J connectivity index is 3.23. The summed E-state index contributed by atoms with van der Waals surface area (Å²) in [4.78, 5) is 0. The zero-order chi connectivity index (χ0) is 8.27. The lowest BCUT2D eigenvalue weighted by Crippen LogP contribution is -1.91. The number of hydrogen-bond acceptors (Lipinski definition) is 1. The van der Waals surface area contributed by atoms with Crippen LogP contribution in [0.2, 0.25) is 0 Å². The number of rotatable bonds is 1. The van der Waals surface area contributed by atoms with Gasteiger partial charge in [-0.05, 0) is 6.07 Å². The molecule has 0 heterocycles. The fourth-order valence-electron chi connectivity index (χ4n) is 0.778. The SMILES string of the molecule is N#Cc1cccc(C[O])c1F. The predicted molar refractivity (Wildman–Crippen MR) is 35.5 cm³/mol. The van der Waals surface area contributed by atoms with Crippen molar-refractivity contribution in [2.24, 2.45) is 0 Å². The molecule has 1 aromatic carbocycles. The molecule has 11 heavy (non-hydrogen) atoms. The lowest BCUT2D eigenvalue weighted by atomic mass is 10.1. The summed E-state index contributed by atoms with van der Waals surface area (Å²) in [6.07, 6.45) is 0. The second kappa shape index (κ2) is 3.13. The van der Waals surface area contributed by atoms with E-state index in [4.69, 9.17) is 5.26 Å². The Hall–Kier alpha value is -1.40. The van der Waals surface area contributed by atoms with Gasteiger partial charge in [-0.15, -0.1) is 0 Å². The van der Waals surface area contributed by atoms with Gasteiger partial charge in [-0.25, -0.2) is 9.50 Å². The smallest absolute Gasteiger partial charge is 0.146 e. The molecule has 0 amide bonds. The summed E-state index contributed by atoms with van der Waals surface area (Å²) in [6, 6.07) is 5.87. The maximum Gasteiger partial charge on any atom is 0.146 e. The first-order valence-corrected chi connectivity index (χ1v) is 3.05. The summed E-state index contributed by atoms with van der Waals surface area (Å²) in [7, 11) is 0. The number of benzene rings is 1.